The van der Waals surface area contributed by atoms with Crippen LogP contribution < -0.4 is 9.47 Å². The Morgan fingerprint density at radius 3 is 2.60 bits per heavy atom. The Morgan fingerprint density at radius 1 is 1.20 bits per heavy atom. The van der Waals surface area contributed by atoms with Gasteiger partial charge in [-0.1, -0.05) is 13.0 Å². The van der Waals surface area contributed by atoms with Gasteiger partial charge in [0.2, 0.25) is 0 Å². The number of hydrogen-bond donors (Lipinski definition) is 0. The van der Waals surface area contributed by atoms with Crippen molar-refractivity contribution >= 4 is 11.9 Å². The number of likely N-dealkylation sites (tertiary alicyclic amines) is 1. The molecular formula is C27H33N3O5. The van der Waals surface area contributed by atoms with E-state index < -0.39 is 5.54 Å². The first-order valence-electron chi connectivity index (χ1n) is 12.3. The van der Waals surface area contributed by atoms with Gasteiger partial charge in [-0.2, -0.15) is 0 Å². The van der Waals surface area contributed by atoms with E-state index in [9.17, 15) is 9.59 Å². The lowest BCUT2D eigenvalue weighted by atomic mass is 9.81. The van der Waals surface area contributed by atoms with Gasteiger partial charge in [0.15, 0.2) is 5.76 Å². The van der Waals surface area contributed by atoms with Gasteiger partial charge in [-0.05, 0) is 61.4 Å². The topological polar surface area (TPSA) is 75.5 Å². The number of benzene rings is 1. The normalized spacial score (nSPS) is 22.7. The lowest BCUT2D eigenvalue weighted by Crippen LogP contribution is -2.54. The Labute approximate surface area is 206 Å². The molecule has 8 heteroatoms. The van der Waals surface area contributed by atoms with E-state index in [1.807, 2.05) is 33.8 Å². The van der Waals surface area contributed by atoms with Crippen LogP contribution >= 0.6 is 0 Å². The number of methoxy groups -OCH3 is 2. The van der Waals surface area contributed by atoms with Crippen LogP contribution in [0.25, 0.3) is 0 Å². The smallest absolute Gasteiger partial charge is 0.325 e. The molecule has 3 amide bonds. The summed E-state index contributed by atoms with van der Waals surface area (Å²) in [5.41, 5.74) is 2.81. The molecule has 8 nitrogen and oxygen atoms in total. The van der Waals surface area contributed by atoms with Crippen molar-refractivity contribution < 1.29 is 23.5 Å². The van der Waals surface area contributed by atoms with Crippen molar-refractivity contribution in [3.63, 3.8) is 0 Å². The fourth-order valence-electron chi connectivity index (χ4n) is 5.99. The number of allylic oxidation sites excluding steroid dienone is 1. The minimum absolute atomic E-state index is 0.0198. The molecule has 2 fully saturated rings. The molecule has 35 heavy (non-hydrogen) atoms. The summed E-state index contributed by atoms with van der Waals surface area (Å²) in [5, 5.41) is 0. The van der Waals surface area contributed by atoms with E-state index in [0.717, 1.165) is 34.7 Å². The molecule has 0 N–H and O–H groups in total. The second-order valence-corrected chi connectivity index (χ2v) is 9.61. The van der Waals surface area contributed by atoms with E-state index in [1.54, 1.807) is 26.4 Å². The third-order valence-electron chi connectivity index (χ3n) is 7.70. The van der Waals surface area contributed by atoms with Crippen molar-refractivity contribution in [2.75, 3.05) is 33.9 Å². The van der Waals surface area contributed by atoms with E-state index in [1.165, 1.54) is 6.26 Å². The van der Waals surface area contributed by atoms with Crippen LogP contribution in [-0.2, 0) is 13.0 Å². The molecule has 3 aliphatic heterocycles. The summed E-state index contributed by atoms with van der Waals surface area (Å²) in [7, 11) is 3.32. The summed E-state index contributed by atoms with van der Waals surface area (Å²) in [6.45, 7) is 6.44. The van der Waals surface area contributed by atoms with Crippen molar-refractivity contribution in [3.05, 3.63) is 59.2 Å². The molecule has 1 aromatic heterocycles. The fraction of sp³-hybridized carbons (Fsp3) is 0.481. The van der Waals surface area contributed by atoms with Crippen molar-refractivity contribution in [2.45, 2.75) is 45.2 Å². The minimum atomic E-state index is -0.416. The predicted molar refractivity (Wildman–Crippen MR) is 130 cm³/mol. The Balaban J connectivity index is 1.50. The molecule has 3 aliphatic rings. The number of furan rings is 1. The first kappa shape index (κ1) is 23.3. The second-order valence-electron chi connectivity index (χ2n) is 9.61. The number of likely N-dealkylation sites (N-methyl/N-ethyl adjacent to an activating group) is 1. The highest BCUT2D eigenvalue weighted by atomic mass is 16.5. The molecule has 1 aromatic carbocycles. The molecule has 0 saturated carbocycles. The monoisotopic (exact) mass is 479 g/mol. The number of urea groups is 1. The summed E-state index contributed by atoms with van der Waals surface area (Å²) in [4.78, 5) is 32.4. The summed E-state index contributed by atoms with van der Waals surface area (Å²) in [6.07, 6.45) is 6.00. The van der Waals surface area contributed by atoms with Gasteiger partial charge in [0, 0.05) is 31.4 Å². The van der Waals surface area contributed by atoms with Crippen LogP contribution in [0, 0.1) is 5.92 Å². The number of hydrogen-bond acceptors (Lipinski definition) is 5. The number of carbonyl (C=O) groups excluding carboxylic acids is 2. The van der Waals surface area contributed by atoms with Gasteiger partial charge >= 0.3 is 6.03 Å². The summed E-state index contributed by atoms with van der Waals surface area (Å²) < 4.78 is 16.5. The van der Waals surface area contributed by atoms with Crippen LogP contribution in [0.2, 0.25) is 0 Å². The van der Waals surface area contributed by atoms with Gasteiger partial charge in [0.1, 0.15) is 11.5 Å². The van der Waals surface area contributed by atoms with Crippen molar-refractivity contribution in [3.8, 4) is 11.5 Å². The number of ether oxygens (including phenoxy) is 2. The predicted octanol–water partition coefficient (Wildman–Crippen LogP) is 4.31. The van der Waals surface area contributed by atoms with E-state index >= 15 is 0 Å². The first-order chi connectivity index (χ1) is 16.9. The highest BCUT2D eigenvalue weighted by molar-refractivity contribution is 5.91. The van der Waals surface area contributed by atoms with E-state index in [0.29, 0.717) is 44.8 Å². The van der Waals surface area contributed by atoms with Crippen LogP contribution in [0.4, 0.5) is 4.79 Å². The third kappa shape index (κ3) is 3.75. The average Bonchev–Trinajstić information content (AvgIpc) is 3.46. The molecule has 1 spiro atoms. The Morgan fingerprint density at radius 2 is 1.97 bits per heavy atom. The van der Waals surface area contributed by atoms with Crippen LogP contribution in [0.1, 0.15) is 48.4 Å². The lowest BCUT2D eigenvalue weighted by Gasteiger charge is -2.44. The maximum absolute atomic E-state index is 13.8. The molecule has 4 heterocycles. The van der Waals surface area contributed by atoms with Crippen LogP contribution in [0.15, 0.2) is 46.7 Å². The summed E-state index contributed by atoms with van der Waals surface area (Å²) in [6, 6.07) is 7.38. The Hall–Kier alpha value is -3.42. The summed E-state index contributed by atoms with van der Waals surface area (Å²) in [5.74, 6) is 1.98. The van der Waals surface area contributed by atoms with Gasteiger partial charge < -0.3 is 23.7 Å². The molecule has 2 saturated heterocycles. The van der Waals surface area contributed by atoms with Crippen LogP contribution in [-0.4, -0.2) is 66.0 Å². The van der Waals surface area contributed by atoms with E-state index in [-0.39, 0.29) is 17.9 Å². The first-order valence-corrected chi connectivity index (χ1v) is 12.3. The Bertz CT molecular complexity index is 1150. The molecule has 0 unspecified atom stereocenters. The number of piperidine rings is 1. The zero-order valence-corrected chi connectivity index (χ0v) is 20.9. The zero-order chi connectivity index (χ0) is 24.7. The fourth-order valence-corrected chi connectivity index (χ4v) is 5.99. The third-order valence-corrected chi connectivity index (χ3v) is 7.70. The second kappa shape index (κ2) is 8.98. The van der Waals surface area contributed by atoms with Gasteiger partial charge in [0.05, 0.1) is 32.6 Å². The summed E-state index contributed by atoms with van der Waals surface area (Å²) >= 11 is 0. The van der Waals surface area contributed by atoms with Crippen molar-refractivity contribution in [1.29, 1.82) is 0 Å². The molecular weight excluding hydrogens is 446 g/mol. The largest absolute Gasteiger partial charge is 0.497 e. The number of carbonyl (C=O) groups is 2. The molecule has 5 rings (SSSR count). The quantitative estimate of drug-likeness (QED) is 0.653. The standard InChI is InChI=1S/C27H33N3O5/c1-5-30-26(32)29-17-19-15-20(33-3)16-23(34-4)21(19)13-18(2)14-24(29)27(30)8-10-28(11-9-27)25(31)22-7-6-12-35-22/h6-7,12,14-16,18H,5,8-11,13,17H2,1-4H3/b24-14-/t18-/m1/s1. The van der Waals surface area contributed by atoms with Gasteiger partial charge in [-0.15, -0.1) is 0 Å². The number of amides is 3. The lowest BCUT2D eigenvalue weighted by molar-refractivity contribution is 0.0547. The maximum atomic E-state index is 13.8. The number of nitrogens with zero attached hydrogens (tertiary/aromatic N) is 3. The highest BCUT2D eigenvalue weighted by Crippen LogP contribution is 2.47. The van der Waals surface area contributed by atoms with E-state index in [2.05, 4.69) is 13.0 Å². The number of fused-ring (bicyclic) bond motifs is 3. The van der Waals surface area contributed by atoms with Crippen molar-refractivity contribution in [2.24, 2.45) is 5.92 Å². The van der Waals surface area contributed by atoms with Gasteiger partial charge in [-0.3, -0.25) is 9.69 Å². The molecule has 0 aliphatic carbocycles. The highest BCUT2D eigenvalue weighted by Gasteiger charge is 2.55. The molecule has 186 valence electrons. The van der Waals surface area contributed by atoms with E-state index in [4.69, 9.17) is 13.9 Å². The zero-order valence-electron chi connectivity index (χ0n) is 20.9. The van der Waals surface area contributed by atoms with Crippen LogP contribution in [0.5, 0.6) is 11.5 Å². The Kier molecular flexibility index (Phi) is 5.99. The van der Waals surface area contributed by atoms with Crippen molar-refractivity contribution in [1.82, 2.24) is 14.7 Å². The number of rotatable bonds is 4. The van der Waals surface area contributed by atoms with Gasteiger partial charge in [-0.25, -0.2) is 4.79 Å². The maximum Gasteiger partial charge on any atom is 0.325 e. The molecule has 1 atom stereocenters. The average molecular weight is 480 g/mol. The van der Waals surface area contributed by atoms with Crippen LogP contribution in [0.3, 0.4) is 0 Å². The van der Waals surface area contributed by atoms with Gasteiger partial charge in [0.25, 0.3) is 5.91 Å². The molecule has 0 bridgehead atoms. The minimum Gasteiger partial charge on any atom is -0.497 e. The molecule has 2 aromatic rings. The molecule has 0 radical (unpaired) electrons. The SMILES string of the molecule is CCN1C(=O)N2Cc3cc(OC)cc(OC)c3C[C@@H](C)/C=C\2C12CCN(C(=O)c1ccco1)CC2.